The SMILES string of the molecule is O=C(O)C[C@@H](CC1CCN(C(=O)CCc2ccc3c(n2)NCCC3)CC1)c1cnc2c(c1)CCCC2. The number of carbonyl (C=O) groups is 2. The molecule has 36 heavy (non-hydrogen) atoms. The number of carboxylic acids is 1. The molecule has 1 atom stereocenters. The molecule has 0 unspecified atom stereocenters. The molecule has 0 spiro atoms. The highest BCUT2D eigenvalue weighted by atomic mass is 16.4. The number of hydrogen-bond acceptors (Lipinski definition) is 5. The lowest BCUT2D eigenvalue weighted by atomic mass is 9.81. The van der Waals surface area contributed by atoms with E-state index in [0.717, 1.165) is 81.7 Å². The lowest BCUT2D eigenvalue weighted by molar-refractivity contribution is -0.137. The van der Waals surface area contributed by atoms with Gasteiger partial charge in [0.1, 0.15) is 5.82 Å². The number of fused-ring (bicyclic) bond motifs is 2. The van der Waals surface area contributed by atoms with Gasteiger partial charge in [-0.3, -0.25) is 14.6 Å². The molecule has 2 aromatic heterocycles. The monoisotopic (exact) mass is 490 g/mol. The molecule has 0 radical (unpaired) electrons. The van der Waals surface area contributed by atoms with Crippen LogP contribution in [0.5, 0.6) is 0 Å². The van der Waals surface area contributed by atoms with E-state index in [1.807, 2.05) is 11.1 Å². The molecular weight excluding hydrogens is 452 g/mol. The summed E-state index contributed by atoms with van der Waals surface area (Å²) in [5, 5.41) is 12.9. The summed E-state index contributed by atoms with van der Waals surface area (Å²) in [6, 6.07) is 6.42. The number of pyridine rings is 2. The first-order chi connectivity index (χ1) is 17.5. The van der Waals surface area contributed by atoms with Gasteiger partial charge in [-0.05, 0) is 98.8 Å². The second-order valence-corrected chi connectivity index (χ2v) is 10.8. The van der Waals surface area contributed by atoms with Gasteiger partial charge >= 0.3 is 5.97 Å². The summed E-state index contributed by atoms with van der Waals surface area (Å²) in [5.41, 5.74) is 5.81. The van der Waals surface area contributed by atoms with E-state index in [0.29, 0.717) is 18.8 Å². The van der Waals surface area contributed by atoms with Gasteiger partial charge < -0.3 is 15.3 Å². The molecule has 1 amide bonds. The van der Waals surface area contributed by atoms with E-state index in [4.69, 9.17) is 9.97 Å². The van der Waals surface area contributed by atoms with Gasteiger partial charge in [-0.25, -0.2) is 4.98 Å². The third-order valence-corrected chi connectivity index (χ3v) is 8.22. The number of anilines is 1. The first kappa shape index (κ1) is 24.7. The summed E-state index contributed by atoms with van der Waals surface area (Å²) in [5.74, 6) is 0.844. The van der Waals surface area contributed by atoms with Crippen LogP contribution < -0.4 is 5.32 Å². The fraction of sp³-hybridized carbons (Fsp3) is 0.586. The lowest BCUT2D eigenvalue weighted by Crippen LogP contribution is -2.39. The second kappa shape index (κ2) is 11.4. The number of aromatic nitrogens is 2. The molecule has 5 rings (SSSR count). The Labute approximate surface area is 213 Å². The molecule has 2 aliphatic heterocycles. The Morgan fingerprint density at radius 1 is 1.08 bits per heavy atom. The minimum absolute atomic E-state index is 0.0156. The number of carboxylic acid groups (broad SMARTS) is 1. The Balaban J connectivity index is 1.13. The number of nitrogens with zero attached hydrogens (tertiary/aromatic N) is 3. The van der Waals surface area contributed by atoms with Gasteiger partial charge in [0.05, 0.1) is 6.42 Å². The maximum absolute atomic E-state index is 12.9. The van der Waals surface area contributed by atoms with Crippen molar-refractivity contribution >= 4 is 17.7 Å². The van der Waals surface area contributed by atoms with Crippen molar-refractivity contribution in [3.05, 3.63) is 52.5 Å². The summed E-state index contributed by atoms with van der Waals surface area (Å²) < 4.78 is 0. The largest absolute Gasteiger partial charge is 0.481 e. The van der Waals surface area contributed by atoms with Crippen LogP contribution in [0.25, 0.3) is 0 Å². The predicted octanol–water partition coefficient (Wildman–Crippen LogP) is 4.53. The molecule has 1 fully saturated rings. The standard InChI is InChI=1S/C29H38N4O3/c34-27(10-9-25-8-7-21-5-3-13-30-29(21)32-25)33-14-11-20(12-15-33)16-23(18-28(35)36)24-17-22-4-1-2-6-26(22)31-19-24/h7-8,17,19-20,23H,1-6,9-16,18H2,(H,30,32)(H,35,36)/t23-/m1/s1. The van der Waals surface area contributed by atoms with Crippen molar-refractivity contribution in [1.82, 2.24) is 14.9 Å². The van der Waals surface area contributed by atoms with E-state index < -0.39 is 5.97 Å². The van der Waals surface area contributed by atoms with Crippen LogP contribution >= 0.6 is 0 Å². The highest BCUT2D eigenvalue weighted by molar-refractivity contribution is 5.76. The van der Waals surface area contributed by atoms with Crippen molar-refractivity contribution in [3.63, 3.8) is 0 Å². The summed E-state index contributed by atoms with van der Waals surface area (Å²) in [6.45, 7) is 2.48. The third-order valence-electron chi connectivity index (χ3n) is 8.22. The van der Waals surface area contributed by atoms with E-state index in [9.17, 15) is 14.7 Å². The van der Waals surface area contributed by atoms with Crippen molar-refractivity contribution in [2.45, 2.75) is 83.0 Å². The first-order valence-electron chi connectivity index (χ1n) is 13.7. The average Bonchev–Trinajstić information content (AvgIpc) is 2.91. The van der Waals surface area contributed by atoms with Crippen LogP contribution in [0, 0.1) is 5.92 Å². The Morgan fingerprint density at radius 2 is 1.89 bits per heavy atom. The molecule has 2 aromatic rings. The summed E-state index contributed by atoms with van der Waals surface area (Å²) in [6.07, 6.45) is 12.6. The van der Waals surface area contributed by atoms with Crippen LogP contribution in [0.3, 0.4) is 0 Å². The Bertz CT molecular complexity index is 1090. The highest BCUT2D eigenvalue weighted by Gasteiger charge is 2.27. The van der Waals surface area contributed by atoms with Crippen LogP contribution in [-0.2, 0) is 35.3 Å². The van der Waals surface area contributed by atoms with Gasteiger partial charge in [-0.2, -0.15) is 0 Å². The molecule has 4 heterocycles. The molecule has 0 saturated carbocycles. The summed E-state index contributed by atoms with van der Waals surface area (Å²) in [7, 11) is 0. The van der Waals surface area contributed by atoms with Crippen molar-refractivity contribution in [2.75, 3.05) is 25.0 Å². The van der Waals surface area contributed by atoms with Crippen molar-refractivity contribution in [3.8, 4) is 0 Å². The zero-order chi connectivity index (χ0) is 24.9. The van der Waals surface area contributed by atoms with Crippen LogP contribution in [0.2, 0.25) is 0 Å². The first-order valence-corrected chi connectivity index (χ1v) is 13.7. The minimum Gasteiger partial charge on any atom is -0.481 e. The van der Waals surface area contributed by atoms with Crippen molar-refractivity contribution < 1.29 is 14.7 Å². The molecule has 1 aliphatic carbocycles. The molecule has 0 bridgehead atoms. The topological polar surface area (TPSA) is 95.4 Å². The molecule has 2 N–H and O–H groups in total. The smallest absolute Gasteiger partial charge is 0.303 e. The molecule has 1 saturated heterocycles. The van der Waals surface area contributed by atoms with Crippen LogP contribution in [-0.4, -0.2) is 51.5 Å². The van der Waals surface area contributed by atoms with E-state index in [1.54, 1.807) is 0 Å². The quantitative estimate of drug-likeness (QED) is 0.564. The maximum Gasteiger partial charge on any atom is 0.303 e. The van der Waals surface area contributed by atoms with E-state index in [1.165, 1.54) is 29.7 Å². The number of piperidine rings is 1. The molecule has 7 nitrogen and oxygen atoms in total. The molecule has 0 aromatic carbocycles. The Kier molecular flexibility index (Phi) is 7.83. The average molecular weight is 491 g/mol. The van der Waals surface area contributed by atoms with E-state index in [2.05, 4.69) is 23.5 Å². The zero-order valence-corrected chi connectivity index (χ0v) is 21.2. The third kappa shape index (κ3) is 6.05. The Hall–Kier alpha value is -2.96. The zero-order valence-electron chi connectivity index (χ0n) is 21.2. The summed E-state index contributed by atoms with van der Waals surface area (Å²) >= 11 is 0. The van der Waals surface area contributed by atoms with Crippen LogP contribution in [0.1, 0.15) is 85.4 Å². The maximum atomic E-state index is 12.9. The fourth-order valence-electron chi connectivity index (χ4n) is 6.10. The lowest BCUT2D eigenvalue weighted by Gasteiger charge is -2.34. The molecule has 192 valence electrons. The minimum atomic E-state index is -0.753. The van der Waals surface area contributed by atoms with Crippen molar-refractivity contribution in [2.24, 2.45) is 5.92 Å². The number of aliphatic carboxylic acids is 1. The van der Waals surface area contributed by atoms with E-state index in [-0.39, 0.29) is 18.2 Å². The number of aryl methyl sites for hydroxylation is 4. The number of rotatable bonds is 8. The number of likely N-dealkylation sites (tertiary alicyclic amines) is 1. The molecule has 7 heteroatoms. The predicted molar refractivity (Wildman–Crippen MR) is 139 cm³/mol. The van der Waals surface area contributed by atoms with Crippen molar-refractivity contribution in [1.29, 1.82) is 0 Å². The van der Waals surface area contributed by atoms with Gasteiger partial charge in [0.15, 0.2) is 0 Å². The highest BCUT2D eigenvalue weighted by Crippen LogP contribution is 2.34. The number of nitrogens with one attached hydrogen (secondary N) is 1. The Morgan fingerprint density at radius 3 is 2.72 bits per heavy atom. The second-order valence-electron chi connectivity index (χ2n) is 10.8. The molecule has 3 aliphatic rings. The van der Waals surface area contributed by atoms with Gasteiger partial charge in [0.2, 0.25) is 5.91 Å². The molecular formula is C29H38N4O3. The van der Waals surface area contributed by atoms with Gasteiger partial charge in [-0.15, -0.1) is 0 Å². The van der Waals surface area contributed by atoms with E-state index >= 15 is 0 Å². The number of hydrogen-bond donors (Lipinski definition) is 2. The summed E-state index contributed by atoms with van der Waals surface area (Å²) in [4.78, 5) is 35.9. The van der Waals surface area contributed by atoms with Crippen LogP contribution in [0.4, 0.5) is 5.82 Å². The number of amides is 1. The normalized spacial score (nSPS) is 18.6. The number of carbonyl (C=O) groups excluding carboxylic acids is 1. The fourth-order valence-corrected chi connectivity index (χ4v) is 6.10. The van der Waals surface area contributed by atoms with Crippen LogP contribution in [0.15, 0.2) is 24.4 Å². The van der Waals surface area contributed by atoms with Gasteiger partial charge in [0.25, 0.3) is 0 Å². The van der Waals surface area contributed by atoms with Gasteiger partial charge in [0, 0.05) is 43.6 Å². The van der Waals surface area contributed by atoms with Gasteiger partial charge in [-0.1, -0.05) is 12.1 Å².